The van der Waals surface area contributed by atoms with Crippen molar-refractivity contribution in [2.24, 2.45) is 5.92 Å². The molecule has 25 heavy (non-hydrogen) atoms. The SMILES string of the molecule is O=C(Nc1nc(-c2ccc3occc(=O)c3c2)cs1)C1CCNCC1. The number of nitrogens with zero attached hydrogens (tertiary/aromatic N) is 1. The van der Waals surface area contributed by atoms with E-state index in [1.165, 1.54) is 23.7 Å². The zero-order chi connectivity index (χ0) is 17.2. The van der Waals surface area contributed by atoms with Crippen LogP contribution in [-0.2, 0) is 4.79 Å². The number of piperidine rings is 1. The Labute approximate surface area is 147 Å². The van der Waals surface area contributed by atoms with Crippen LogP contribution in [0.15, 0.2) is 45.1 Å². The van der Waals surface area contributed by atoms with Gasteiger partial charge in [-0.05, 0) is 44.1 Å². The largest absolute Gasteiger partial charge is 0.464 e. The number of rotatable bonds is 3. The number of carbonyl (C=O) groups excluding carboxylic acids is 1. The molecule has 0 spiro atoms. The summed E-state index contributed by atoms with van der Waals surface area (Å²) in [6.07, 6.45) is 3.09. The zero-order valence-corrected chi connectivity index (χ0v) is 14.3. The number of thiazole rings is 1. The van der Waals surface area contributed by atoms with E-state index in [4.69, 9.17) is 4.42 Å². The van der Waals surface area contributed by atoms with Crippen LogP contribution in [0.3, 0.4) is 0 Å². The summed E-state index contributed by atoms with van der Waals surface area (Å²) in [5.74, 6) is 0.0699. The Balaban J connectivity index is 1.55. The second-order valence-corrected chi connectivity index (χ2v) is 6.91. The Morgan fingerprint density at radius 3 is 2.96 bits per heavy atom. The van der Waals surface area contributed by atoms with Crippen LogP contribution < -0.4 is 16.1 Å². The summed E-state index contributed by atoms with van der Waals surface area (Å²) >= 11 is 1.39. The monoisotopic (exact) mass is 355 g/mol. The minimum Gasteiger partial charge on any atom is -0.464 e. The lowest BCUT2D eigenvalue weighted by molar-refractivity contribution is -0.120. The van der Waals surface area contributed by atoms with Gasteiger partial charge >= 0.3 is 0 Å². The number of nitrogens with one attached hydrogen (secondary N) is 2. The molecule has 3 heterocycles. The molecule has 0 bridgehead atoms. The summed E-state index contributed by atoms with van der Waals surface area (Å²) in [6.45, 7) is 1.75. The molecular formula is C18H17N3O3S. The molecule has 4 rings (SSSR count). The molecule has 1 aliphatic heterocycles. The summed E-state index contributed by atoms with van der Waals surface area (Å²) in [7, 11) is 0. The molecule has 1 amide bonds. The van der Waals surface area contributed by atoms with Crippen LogP contribution in [0.4, 0.5) is 5.13 Å². The van der Waals surface area contributed by atoms with Gasteiger partial charge in [-0.3, -0.25) is 9.59 Å². The number of hydrogen-bond donors (Lipinski definition) is 2. The Morgan fingerprint density at radius 2 is 2.12 bits per heavy atom. The third kappa shape index (κ3) is 3.33. The maximum absolute atomic E-state index is 12.3. The fraction of sp³-hybridized carbons (Fsp3) is 0.278. The van der Waals surface area contributed by atoms with Crippen molar-refractivity contribution in [1.29, 1.82) is 0 Å². The molecule has 6 nitrogen and oxygen atoms in total. The van der Waals surface area contributed by atoms with Crippen molar-refractivity contribution >= 4 is 33.3 Å². The molecule has 0 aliphatic carbocycles. The smallest absolute Gasteiger partial charge is 0.229 e. The fourth-order valence-electron chi connectivity index (χ4n) is 3.00. The lowest BCUT2D eigenvalue weighted by atomic mass is 9.97. The summed E-state index contributed by atoms with van der Waals surface area (Å²) < 4.78 is 5.33. The van der Waals surface area contributed by atoms with Gasteiger partial charge in [-0.2, -0.15) is 0 Å². The molecule has 0 radical (unpaired) electrons. The van der Waals surface area contributed by atoms with Gasteiger partial charge in [0.05, 0.1) is 17.3 Å². The van der Waals surface area contributed by atoms with Gasteiger partial charge < -0.3 is 15.1 Å². The number of anilines is 1. The second-order valence-electron chi connectivity index (χ2n) is 6.05. The number of fused-ring (bicyclic) bond motifs is 1. The first-order valence-electron chi connectivity index (χ1n) is 8.20. The highest BCUT2D eigenvalue weighted by Crippen LogP contribution is 2.27. The van der Waals surface area contributed by atoms with Crippen LogP contribution in [0.5, 0.6) is 0 Å². The summed E-state index contributed by atoms with van der Waals surface area (Å²) in [5, 5.41) is 9.15. The summed E-state index contributed by atoms with van der Waals surface area (Å²) in [4.78, 5) is 28.7. The van der Waals surface area contributed by atoms with Crippen molar-refractivity contribution in [3.8, 4) is 11.3 Å². The van der Waals surface area contributed by atoms with E-state index in [9.17, 15) is 9.59 Å². The van der Waals surface area contributed by atoms with Gasteiger partial charge in [0.15, 0.2) is 10.6 Å². The average molecular weight is 355 g/mol. The van der Waals surface area contributed by atoms with E-state index in [1.54, 1.807) is 12.1 Å². The molecule has 7 heteroatoms. The predicted molar refractivity (Wildman–Crippen MR) is 97.8 cm³/mol. The quantitative estimate of drug-likeness (QED) is 0.755. The van der Waals surface area contributed by atoms with Crippen LogP contribution in [0.25, 0.3) is 22.2 Å². The molecule has 1 aliphatic rings. The van der Waals surface area contributed by atoms with Crippen molar-refractivity contribution in [3.63, 3.8) is 0 Å². The molecule has 2 N–H and O–H groups in total. The summed E-state index contributed by atoms with van der Waals surface area (Å²) in [5.41, 5.74) is 2.02. The van der Waals surface area contributed by atoms with E-state index >= 15 is 0 Å². The lowest BCUT2D eigenvalue weighted by Crippen LogP contribution is -2.34. The molecule has 1 aromatic carbocycles. The van der Waals surface area contributed by atoms with Gasteiger partial charge in [-0.25, -0.2) is 4.98 Å². The Kier molecular flexibility index (Phi) is 4.33. The van der Waals surface area contributed by atoms with Crippen molar-refractivity contribution < 1.29 is 9.21 Å². The van der Waals surface area contributed by atoms with E-state index in [1.807, 2.05) is 11.4 Å². The van der Waals surface area contributed by atoms with Gasteiger partial charge in [0.2, 0.25) is 5.91 Å². The standard InChI is InChI=1S/C18H17N3O3S/c22-15-5-8-24-16-2-1-12(9-13(15)16)14-10-25-18(20-14)21-17(23)11-3-6-19-7-4-11/h1-2,5,8-11,19H,3-4,6-7H2,(H,20,21,23). The van der Waals surface area contributed by atoms with Crippen LogP contribution in [0.1, 0.15) is 12.8 Å². The lowest BCUT2D eigenvalue weighted by Gasteiger charge is -2.20. The number of hydrogen-bond acceptors (Lipinski definition) is 6. The van der Waals surface area contributed by atoms with Gasteiger partial charge in [-0.15, -0.1) is 11.3 Å². The molecule has 128 valence electrons. The van der Waals surface area contributed by atoms with Crippen LogP contribution >= 0.6 is 11.3 Å². The molecule has 1 saturated heterocycles. The minimum atomic E-state index is -0.0854. The Hall–Kier alpha value is -2.51. The first-order chi connectivity index (χ1) is 12.2. The normalized spacial score (nSPS) is 15.4. The van der Waals surface area contributed by atoms with Crippen molar-refractivity contribution in [2.45, 2.75) is 12.8 Å². The first kappa shape index (κ1) is 16.0. The molecular weight excluding hydrogens is 338 g/mol. The van der Waals surface area contributed by atoms with Crippen LogP contribution in [0.2, 0.25) is 0 Å². The second kappa shape index (κ2) is 6.78. The van der Waals surface area contributed by atoms with E-state index in [0.717, 1.165) is 37.2 Å². The molecule has 0 saturated carbocycles. The Morgan fingerprint density at radius 1 is 1.28 bits per heavy atom. The number of aromatic nitrogens is 1. The minimum absolute atomic E-state index is 0.0292. The molecule has 2 aromatic heterocycles. The molecule has 1 fully saturated rings. The van der Waals surface area contributed by atoms with E-state index in [0.29, 0.717) is 16.1 Å². The molecule has 3 aromatic rings. The van der Waals surface area contributed by atoms with Crippen molar-refractivity contribution in [2.75, 3.05) is 18.4 Å². The predicted octanol–water partition coefficient (Wildman–Crippen LogP) is 2.85. The van der Waals surface area contributed by atoms with E-state index in [2.05, 4.69) is 15.6 Å². The highest BCUT2D eigenvalue weighted by molar-refractivity contribution is 7.14. The van der Waals surface area contributed by atoms with Gasteiger partial charge in [0.25, 0.3) is 0 Å². The molecule has 0 atom stereocenters. The van der Waals surface area contributed by atoms with E-state index < -0.39 is 0 Å². The number of amides is 1. The zero-order valence-electron chi connectivity index (χ0n) is 13.5. The van der Waals surface area contributed by atoms with Gasteiger partial charge in [0.1, 0.15) is 5.58 Å². The average Bonchev–Trinajstić information content (AvgIpc) is 3.11. The van der Waals surface area contributed by atoms with Gasteiger partial charge in [-0.1, -0.05) is 0 Å². The topological polar surface area (TPSA) is 84.2 Å². The van der Waals surface area contributed by atoms with Gasteiger partial charge in [0, 0.05) is 22.9 Å². The molecule has 0 unspecified atom stereocenters. The number of benzene rings is 1. The maximum atomic E-state index is 12.3. The van der Waals surface area contributed by atoms with Crippen molar-refractivity contribution in [1.82, 2.24) is 10.3 Å². The Bertz CT molecular complexity index is 973. The third-order valence-electron chi connectivity index (χ3n) is 4.40. The van der Waals surface area contributed by atoms with E-state index in [-0.39, 0.29) is 17.3 Å². The van der Waals surface area contributed by atoms with Crippen LogP contribution in [-0.4, -0.2) is 24.0 Å². The maximum Gasteiger partial charge on any atom is 0.229 e. The highest BCUT2D eigenvalue weighted by atomic mass is 32.1. The van der Waals surface area contributed by atoms with Crippen LogP contribution in [0, 0.1) is 5.92 Å². The number of carbonyl (C=O) groups is 1. The van der Waals surface area contributed by atoms with Crippen molar-refractivity contribution in [3.05, 3.63) is 46.1 Å². The highest BCUT2D eigenvalue weighted by Gasteiger charge is 2.21. The fourth-order valence-corrected chi connectivity index (χ4v) is 3.72. The first-order valence-corrected chi connectivity index (χ1v) is 9.08. The third-order valence-corrected chi connectivity index (χ3v) is 5.16. The summed E-state index contributed by atoms with van der Waals surface area (Å²) in [6, 6.07) is 6.80.